The van der Waals surface area contributed by atoms with E-state index in [1.165, 1.54) is 4.40 Å². The zero-order chi connectivity index (χ0) is 21.1. The number of sulfone groups is 1. The molecule has 0 fully saturated rings. The third kappa shape index (κ3) is 4.03. The summed E-state index contributed by atoms with van der Waals surface area (Å²) in [7, 11) is -3.62. The molecule has 154 valence electrons. The molecular weight excluding hydrogens is 406 g/mol. The van der Waals surface area contributed by atoms with Gasteiger partial charge < -0.3 is 14.6 Å². The number of imidazole rings is 2. The number of anilines is 1. The molecule has 0 saturated carbocycles. The number of carbonyl (C=O) groups excluding carboxylic acids is 1. The molecule has 0 aliphatic rings. The topological polar surface area (TPSA) is 108 Å². The van der Waals surface area contributed by atoms with Gasteiger partial charge in [-0.1, -0.05) is 18.2 Å². The highest BCUT2D eigenvalue weighted by atomic mass is 32.2. The van der Waals surface area contributed by atoms with Crippen molar-refractivity contribution in [1.82, 2.24) is 18.9 Å². The number of amides is 1. The monoisotopic (exact) mass is 425 g/mol. The molecule has 3 heterocycles. The molecule has 4 rings (SSSR count). The number of nitrogens with one attached hydrogen (secondary N) is 1. The van der Waals surface area contributed by atoms with Gasteiger partial charge in [0.1, 0.15) is 12.4 Å². The predicted octanol–water partition coefficient (Wildman–Crippen LogP) is 2.27. The Balaban J connectivity index is 1.58. The Kier molecular flexibility index (Phi) is 5.23. The first-order chi connectivity index (χ1) is 14.4. The molecule has 30 heavy (non-hydrogen) atoms. The Bertz CT molecular complexity index is 1300. The van der Waals surface area contributed by atoms with Crippen molar-refractivity contribution >= 4 is 26.9 Å². The van der Waals surface area contributed by atoms with Crippen LogP contribution in [0.3, 0.4) is 0 Å². The van der Waals surface area contributed by atoms with Gasteiger partial charge in [0.25, 0.3) is 5.91 Å². The van der Waals surface area contributed by atoms with Crippen LogP contribution in [0.1, 0.15) is 10.5 Å². The maximum Gasteiger partial charge on any atom is 0.276 e. The number of ether oxygens (including phenoxy) is 1. The summed E-state index contributed by atoms with van der Waals surface area (Å²) < 4.78 is 33.2. The Morgan fingerprint density at radius 2 is 1.93 bits per heavy atom. The van der Waals surface area contributed by atoms with Crippen LogP contribution < -0.4 is 10.1 Å². The number of hydrogen-bond acceptors (Lipinski definition) is 6. The molecule has 0 bridgehead atoms. The minimum Gasteiger partial charge on any atom is -0.490 e. The van der Waals surface area contributed by atoms with Crippen molar-refractivity contribution in [3.63, 3.8) is 0 Å². The van der Waals surface area contributed by atoms with E-state index in [2.05, 4.69) is 15.3 Å². The van der Waals surface area contributed by atoms with Gasteiger partial charge in [0, 0.05) is 24.8 Å². The van der Waals surface area contributed by atoms with Gasteiger partial charge in [0.2, 0.25) is 15.0 Å². The van der Waals surface area contributed by atoms with E-state index in [1.54, 1.807) is 61.2 Å². The van der Waals surface area contributed by atoms with Crippen molar-refractivity contribution in [1.29, 1.82) is 0 Å². The average Bonchev–Trinajstić information content (AvgIpc) is 3.36. The fourth-order valence-corrected chi connectivity index (χ4v) is 3.77. The largest absolute Gasteiger partial charge is 0.490 e. The molecule has 3 aromatic heterocycles. The minimum absolute atomic E-state index is 0.0178. The van der Waals surface area contributed by atoms with Gasteiger partial charge in [0.05, 0.1) is 24.1 Å². The van der Waals surface area contributed by atoms with E-state index in [0.29, 0.717) is 30.1 Å². The van der Waals surface area contributed by atoms with Crippen molar-refractivity contribution in [2.24, 2.45) is 0 Å². The second kappa shape index (κ2) is 7.99. The molecule has 1 aromatic carbocycles. The van der Waals surface area contributed by atoms with E-state index in [-0.39, 0.29) is 10.9 Å². The van der Waals surface area contributed by atoms with Crippen LogP contribution >= 0.6 is 0 Å². The van der Waals surface area contributed by atoms with Crippen LogP contribution in [0.2, 0.25) is 0 Å². The highest BCUT2D eigenvalue weighted by Crippen LogP contribution is 2.25. The van der Waals surface area contributed by atoms with Gasteiger partial charge in [-0.3, -0.25) is 9.20 Å². The van der Waals surface area contributed by atoms with Crippen LogP contribution in [0.25, 0.3) is 5.52 Å². The quantitative estimate of drug-likeness (QED) is 0.487. The minimum atomic E-state index is -3.62. The normalized spacial score (nSPS) is 11.5. The molecular formula is C20H19N5O4S. The second-order valence-electron chi connectivity index (χ2n) is 6.57. The van der Waals surface area contributed by atoms with E-state index in [4.69, 9.17) is 4.74 Å². The lowest BCUT2D eigenvalue weighted by Crippen LogP contribution is -2.15. The van der Waals surface area contributed by atoms with E-state index < -0.39 is 15.7 Å². The molecule has 4 aromatic rings. The maximum absolute atomic E-state index is 12.9. The smallest absolute Gasteiger partial charge is 0.276 e. The summed E-state index contributed by atoms with van der Waals surface area (Å²) in [5, 5.41) is 2.59. The summed E-state index contributed by atoms with van der Waals surface area (Å²) in [5.74, 6) is -0.0305. The number of para-hydroxylation sites is 2. The number of benzene rings is 1. The van der Waals surface area contributed by atoms with Crippen LogP contribution in [0.15, 0.2) is 72.5 Å². The number of fused-ring (bicyclic) bond motifs is 1. The van der Waals surface area contributed by atoms with Crippen LogP contribution in [-0.4, -0.2) is 46.1 Å². The average molecular weight is 425 g/mol. The van der Waals surface area contributed by atoms with Crippen molar-refractivity contribution in [3.05, 3.63) is 73.1 Å². The van der Waals surface area contributed by atoms with Gasteiger partial charge in [-0.25, -0.2) is 18.4 Å². The zero-order valence-corrected chi connectivity index (χ0v) is 16.9. The SMILES string of the molecule is CS(=O)(=O)c1nc(C(=O)Nc2ccccc2OCCn2ccnc2)c2ccccn12. The summed E-state index contributed by atoms with van der Waals surface area (Å²) in [6, 6.07) is 12.1. The summed E-state index contributed by atoms with van der Waals surface area (Å²) >= 11 is 0. The standard InChI is InChI=1S/C20H19N5O4S/c1-30(27,28)20-23-18(16-7-4-5-10-25(16)20)19(26)22-15-6-2-3-8-17(15)29-13-12-24-11-9-21-14-24/h2-11,14H,12-13H2,1H3,(H,22,26). The van der Waals surface area contributed by atoms with Crippen LogP contribution in [0, 0.1) is 0 Å². The molecule has 0 aliphatic carbocycles. The number of aromatic nitrogens is 4. The molecule has 1 N–H and O–H groups in total. The Hall–Kier alpha value is -3.66. The highest BCUT2D eigenvalue weighted by molar-refractivity contribution is 7.90. The fourth-order valence-electron chi connectivity index (χ4n) is 3.00. The molecule has 0 aliphatic heterocycles. The number of rotatable bonds is 7. The van der Waals surface area contributed by atoms with Crippen molar-refractivity contribution in [2.45, 2.75) is 11.7 Å². The first-order valence-corrected chi connectivity index (χ1v) is 11.0. The van der Waals surface area contributed by atoms with Crippen LogP contribution in [-0.2, 0) is 16.4 Å². The number of hydrogen-bond donors (Lipinski definition) is 1. The lowest BCUT2D eigenvalue weighted by atomic mass is 10.2. The summed E-state index contributed by atoms with van der Waals surface area (Å²) in [4.78, 5) is 21.0. The molecule has 0 radical (unpaired) electrons. The van der Waals surface area contributed by atoms with Gasteiger partial charge in [0.15, 0.2) is 5.69 Å². The first kappa shape index (κ1) is 19.6. The maximum atomic E-state index is 12.9. The van der Waals surface area contributed by atoms with E-state index in [9.17, 15) is 13.2 Å². The van der Waals surface area contributed by atoms with Gasteiger partial charge in [-0.05, 0) is 24.3 Å². The molecule has 0 spiro atoms. The molecule has 0 unspecified atom stereocenters. The molecule has 0 saturated heterocycles. The number of pyridine rings is 1. The van der Waals surface area contributed by atoms with Gasteiger partial charge in [-0.15, -0.1) is 0 Å². The second-order valence-corrected chi connectivity index (χ2v) is 8.48. The van der Waals surface area contributed by atoms with Gasteiger partial charge >= 0.3 is 0 Å². The van der Waals surface area contributed by atoms with E-state index in [1.807, 2.05) is 10.8 Å². The summed E-state index contributed by atoms with van der Waals surface area (Å²) in [6.45, 7) is 0.987. The van der Waals surface area contributed by atoms with Gasteiger partial charge in [-0.2, -0.15) is 0 Å². The third-order valence-corrected chi connectivity index (χ3v) is 5.32. The third-order valence-electron chi connectivity index (χ3n) is 4.36. The predicted molar refractivity (Wildman–Crippen MR) is 110 cm³/mol. The van der Waals surface area contributed by atoms with E-state index in [0.717, 1.165) is 6.26 Å². The molecule has 10 heteroatoms. The Labute approximate surface area is 172 Å². The van der Waals surface area contributed by atoms with Crippen molar-refractivity contribution in [2.75, 3.05) is 18.2 Å². The molecule has 1 amide bonds. The number of carbonyl (C=O) groups is 1. The number of nitrogens with zero attached hydrogens (tertiary/aromatic N) is 4. The Morgan fingerprint density at radius 3 is 2.70 bits per heavy atom. The fraction of sp³-hybridized carbons (Fsp3) is 0.150. The van der Waals surface area contributed by atoms with Crippen molar-refractivity contribution in [3.8, 4) is 5.75 Å². The van der Waals surface area contributed by atoms with Crippen LogP contribution in [0.5, 0.6) is 5.75 Å². The van der Waals surface area contributed by atoms with Crippen molar-refractivity contribution < 1.29 is 17.9 Å². The van der Waals surface area contributed by atoms with Crippen LogP contribution in [0.4, 0.5) is 5.69 Å². The Morgan fingerprint density at radius 1 is 1.13 bits per heavy atom. The summed E-state index contributed by atoms with van der Waals surface area (Å²) in [5.41, 5.74) is 0.879. The van der Waals surface area contributed by atoms with E-state index >= 15 is 0 Å². The lowest BCUT2D eigenvalue weighted by Gasteiger charge is -2.12. The molecule has 9 nitrogen and oxygen atoms in total. The zero-order valence-electron chi connectivity index (χ0n) is 16.1. The lowest BCUT2D eigenvalue weighted by molar-refractivity contribution is 0.102. The first-order valence-electron chi connectivity index (χ1n) is 9.09. The highest BCUT2D eigenvalue weighted by Gasteiger charge is 2.23. The molecule has 0 atom stereocenters. The summed E-state index contributed by atoms with van der Waals surface area (Å²) in [6.07, 6.45) is 7.83.